The Kier molecular flexibility index (Phi) is 5.16. The van der Waals surface area contributed by atoms with Gasteiger partial charge in [0.2, 0.25) is 0 Å². The molecule has 94 valence electrons. The lowest BCUT2D eigenvalue weighted by Crippen LogP contribution is -2.48. The third kappa shape index (κ3) is 6.07. The van der Waals surface area contributed by atoms with Crippen LogP contribution < -0.4 is 5.11 Å². The average molecular weight is 235 g/mol. The van der Waals surface area contributed by atoms with Crippen LogP contribution in [0.5, 0.6) is 0 Å². The van der Waals surface area contributed by atoms with Crippen molar-refractivity contribution < 1.29 is 14.4 Å². The summed E-state index contributed by atoms with van der Waals surface area (Å²) in [6.07, 6.45) is 3.19. The van der Waals surface area contributed by atoms with E-state index < -0.39 is 5.97 Å². The number of carboxylic acids is 1. The predicted octanol–water partition coefficient (Wildman–Crippen LogP) is 0.836. The Labute approximate surface area is 103 Å². The summed E-state index contributed by atoms with van der Waals surface area (Å²) >= 11 is 0. The molecule has 0 aliphatic carbocycles. The number of aliphatic carboxylic acids is 1. The minimum absolute atomic E-state index is 0.0886. The van der Waals surface area contributed by atoms with Crippen molar-refractivity contribution in [3.63, 3.8) is 0 Å². The molecule has 0 bridgehead atoms. The minimum Gasteiger partial charge on any atom is -0.544 e. The van der Waals surface area contributed by atoms with Crippen LogP contribution in [0.2, 0.25) is 0 Å². The summed E-state index contributed by atoms with van der Waals surface area (Å²) < 4.78 is 0.497. The summed E-state index contributed by atoms with van der Waals surface area (Å²) in [6.45, 7) is 0.964. The van der Waals surface area contributed by atoms with E-state index >= 15 is 0 Å². The number of carbonyl (C=O) groups is 1. The highest BCUT2D eigenvalue weighted by Gasteiger charge is 2.14. The second-order valence-corrected chi connectivity index (χ2v) is 5.13. The van der Waals surface area contributed by atoms with Gasteiger partial charge in [0.25, 0.3) is 0 Å². The number of unbranched alkanes of at least 4 members (excludes halogenated alkanes) is 1. The Balaban J connectivity index is 2.22. The summed E-state index contributed by atoms with van der Waals surface area (Å²) in [5.74, 6) is -0.974. The monoisotopic (exact) mass is 235 g/mol. The topological polar surface area (TPSA) is 40.1 Å². The number of carboxylic acid groups (broad SMARTS) is 1. The molecule has 0 radical (unpaired) electrons. The largest absolute Gasteiger partial charge is 0.544 e. The van der Waals surface area contributed by atoms with Crippen LogP contribution >= 0.6 is 0 Å². The molecule has 0 fully saturated rings. The number of hydrogen-bond donors (Lipinski definition) is 0. The Hall–Kier alpha value is -1.35. The van der Waals surface area contributed by atoms with E-state index in [1.165, 1.54) is 5.56 Å². The SMILES string of the molecule is C[N+](C)(CCCCc1ccccc1)CC(=O)[O-]. The molecule has 1 aromatic carbocycles. The van der Waals surface area contributed by atoms with Gasteiger partial charge in [-0.3, -0.25) is 0 Å². The molecular formula is C14H21NO2. The summed E-state index contributed by atoms with van der Waals surface area (Å²) in [4.78, 5) is 10.5. The molecule has 0 N–H and O–H groups in total. The van der Waals surface area contributed by atoms with Gasteiger partial charge in [-0.05, 0) is 24.8 Å². The van der Waals surface area contributed by atoms with Crippen LogP contribution in [-0.4, -0.2) is 37.6 Å². The van der Waals surface area contributed by atoms with Gasteiger partial charge in [0.05, 0.1) is 26.6 Å². The van der Waals surface area contributed by atoms with E-state index in [-0.39, 0.29) is 6.54 Å². The molecule has 0 aliphatic heterocycles. The summed E-state index contributed by atoms with van der Waals surface area (Å²) in [7, 11) is 3.86. The lowest BCUT2D eigenvalue weighted by atomic mass is 10.1. The molecule has 3 nitrogen and oxygen atoms in total. The number of hydrogen-bond acceptors (Lipinski definition) is 2. The van der Waals surface area contributed by atoms with Crippen molar-refractivity contribution in [1.29, 1.82) is 0 Å². The van der Waals surface area contributed by atoms with Crippen LogP contribution in [0, 0.1) is 0 Å². The number of rotatable bonds is 7. The van der Waals surface area contributed by atoms with E-state index in [4.69, 9.17) is 0 Å². The van der Waals surface area contributed by atoms with E-state index in [9.17, 15) is 9.90 Å². The number of quaternary nitrogens is 1. The maximum Gasteiger partial charge on any atom is 0.119 e. The van der Waals surface area contributed by atoms with Crippen molar-refractivity contribution in [3.05, 3.63) is 35.9 Å². The van der Waals surface area contributed by atoms with Crippen molar-refractivity contribution in [3.8, 4) is 0 Å². The third-order valence-corrected chi connectivity index (χ3v) is 2.88. The first-order valence-corrected chi connectivity index (χ1v) is 6.05. The number of carbonyl (C=O) groups excluding carboxylic acids is 1. The average Bonchev–Trinajstić information content (AvgIpc) is 2.24. The molecule has 0 aromatic heterocycles. The van der Waals surface area contributed by atoms with Crippen molar-refractivity contribution in [2.75, 3.05) is 27.2 Å². The van der Waals surface area contributed by atoms with Gasteiger partial charge in [0.15, 0.2) is 0 Å². The van der Waals surface area contributed by atoms with Gasteiger partial charge in [-0.2, -0.15) is 0 Å². The molecule has 1 aromatic rings. The second kappa shape index (κ2) is 6.40. The minimum atomic E-state index is -0.974. The normalized spacial score (nSPS) is 11.4. The first kappa shape index (κ1) is 13.7. The van der Waals surface area contributed by atoms with Gasteiger partial charge in [0.1, 0.15) is 6.54 Å². The standard InChI is InChI=1S/C14H21NO2/c1-15(2,12-14(16)17)11-7-6-10-13-8-4-3-5-9-13/h3-5,8-9H,6-7,10-12H2,1-2H3. The first-order chi connectivity index (χ1) is 7.99. The predicted molar refractivity (Wildman–Crippen MR) is 66.2 cm³/mol. The van der Waals surface area contributed by atoms with Gasteiger partial charge in [-0.25, -0.2) is 0 Å². The van der Waals surface area contributed by atoms with Gasteiger partial charge in [-0.15, -0.1) is 0 Å². The molecular weight excluding hydrogens is 214 g/mol. The molecule has 0 spiro atoms. The quantitative estimate of drug-likeness (QED) is 0.519. The smallest absolute Gasteiger partial charge is 0.119 e. The van der Waals surface area contributed by atoms with Crippen molar-refractivity contribution in [1.82, 2.24) is 0 Å². The van der Waals surface area contributed by atoms with Gasteiger partial charge in [0, 0.05) is 0 Å². The molecule has 17 heavy (non-hydrogen) atoms. The van der Waals surface area contributed by atoms with E-state index in [1.54, 1.807) is 0 Å². The fraction of sp³-hybridized carbons (Fsp3) is 0.500. The first-order valence-electron chi connectivity index (χ1n) is 6.05. The van der Waals surface area contributed by atoms with E-state index in [0.717, 1.165) is 25.8 Å². The lowest BCUT2D eigenvalue weighted by Gasteiger charge is -2.30. The summed E-state index contributed by atoms with van der Waals surface area (Å²) in [5.41, 5.74) is 1.35. The van der Waals surface area contributed by atoms with Crippen molar-refractivity contribution in [2.24, 2.45) is 0 Å². The maximum absolute atomic E-state index is 10.5. The highest BCUT2D eigenvalue weighted by Crippen LogP contribution is 2.07. The van der Waals surface area contributed by atoms with E-state index in [2.05, 4.69) is 12.1 Å². The number of nitrogens with zero attached hydrogens (tertiary/aromatic N) is 1. The Morgan fingerprint density at radius 1 is 1.18 bits per heavy atom. The number of benzene rings is 1. The Morgan fingerprint density at radius 3 is 2.41 bits per heavy atom. The fourth-order valence-corrected chi connectivity index (χ4v) is 1.94. The molecule has 0 amide bonds. The highest BCUT2D eigenvalue weighted by molar-refractivity contribution is 5.65. The van der Waals surface area contributed by atoms with Crippen LogP contribution in [0.15, 0.2) is 30.3 Å². The zero-order chi connectivity index (χ0) is 12.7. The van der Waals surface area contributed by atoms with Gasteiger partial charge in [-0.1, -0.05) is 30.3 Å². The number of likely N-dealkylation sites (N-methyl/N-ethyl adjacent to an activating group) is 1. The Bertz CT molecular complexity index is 346. The second-order valence-electron chi connectivity index (χ2n) is 5.13. The zero-order valence-corrected chi connectivity index (χ0v) is 10.7. The Morgan fingerprint density at radius 2 is 1.82 bits per heavy atom. The van der Waals surface area contributed by atoms with Crippen LogP contribution in [0.4, 0.5) is 0 Å². The third-order valence-electron chi connectivity index (χ3n) is 2.88. The molecule has 1 rings (SSSR count). The van der Waals surface area contributed by atoms with E-state index in [1.807, 2.05) is 32.3 Å². The maximum atomic E-state index is 10.5. The lowest BCUT2D eigenvalue weighted by molar-refractivity contribution is -0.885. The summed E-state index contributed by atoms with van der Waals surface area (Å²) in [6, 6.07) is 10.4. The van der Waals surface area contributed by atoms with Crippen molar-refractivity contribution in [2.45, 2.75) is 19.3 Å². The van der Waals surface area contributed by atoms with Gasteiger partial charge < -0.3 is 14.4 Å². The fourth-order valence-electron chi connectivity index (χ4n) is 1.94. The van der Waals surface area contributed by atoms with Crippen LogP contribution in [0.3, 0.4) is 0 Å². The summed E-state index contributed by atoms with van der Waals surface area (Å²) in [5, 5.41) is 10.5. The molecule has 0 heterocycles. The highest BCUT2D eigenvalue weighted by atomic mass is 16.4. The van der Waals surface area contributed by atoms with Crippen LogP contribution in [0.25, 0.3) is 0 Å². The van der Waals surface area contributed by atoms with Gasteiger partial charge >= 0.3 is 0 Å². The van der Waals surface area contributed by atoms with Crippen LogP contribution in [-0.2, 0) is 11.2 Å². The molecule has 3 heteroatoms. The number of aryl methyl sites for hydroxylation is 1. The zero-order valence-electron chi connectivity index (χ0n) is 10.7. The molecule has 0 atom stereocenters. The van der Waals surface area contributed by atoms with Crippen molar-refractivity contribution >= 4 is 5.97 Å². The van der Waals surface area contributed by atoms with E-state index in [0.29, 0.717) is 4.48 Å². The molecule has 0 saturated heterocycles. The molecule has 0 unspecified atom stereocenters. The van der Waals surface area contributed by atoms with Crippen LogP contribution in [0.1, 0.15) is 18.4 Å². The molecule has 0 saturated carbocycles. The molecule has 0 aliphatic rings.